The highest BCUT2D eigenvalue weighted by Crippen LogP contribution is 2.15. The van der Waals surface area contributed by atoms with Crippen molar-refractivity contribution in [3.05, 3.63) is 65.9 Å². The molecule has 4 nitrogen and oxygen atoms in total. The average Bonchev–Trinajstić information content (AvgIpc) is 2.48. The van der Waals surface area contributed by atoms with E-state index in [4.69, 9.17) is 8.92 Å². The molecule has 0 saturated carbocycles. The van der Waals surface area contributed by atoms with E-state index >= 15 is 0 Å². The molecule has 0 heterocycles. The van der Waals surface area contributed by atoms with E-state index in [-0.39, 0.29) is 4.90 Å². The van der Waals surface area contributed by atoms with Gasteiger partial charge in [0.1, 0.15) is 16.9 Å². The lowest BCUT2D eigenvalue weighted by Crippen LogP contribution is -2.01. The van der Waals surface area contributed by atoms with Gasteiger partial charge in [0.15, 0.2) is 0 Å². The Morgan fingerprint density at radius 2 is 1.57 bits per heavy atom. The van der Waals surface area contributed by atoms with Crippen LogP contribution in [-0.2, 0) is 14.3 Å². The molecule has 0 amide bonds. The zero-order valence-electron chi connectivity index (χ0n) is 11.8. The SMILES string of the molecule is COc1ccc(C=COS(=O)(=O)c2ccc(C)cc2)cc1. The number of aryl methyl sites for hydroxylation is 1. The largest absolute Gasteiger partial charge is 0.497 e. The summed E-state index contributed by atoms with van der Waals surface area (Å²) < 4.78 is 33.8. The van der Waals surface area contributed by atoms with Crippen LogP contribution in [-0.4, -0.2) is 15.5 Å². The second kappa shape index (κ2) is 6.45. The molecule has 5 heteroatoms. The molecule has 0 aliphatic carbocycles. The molecule has 0 saturated heterocycles. The predicted molar refractivity (Wildman–Crippen MR) is 81.5 cm³/mol. The summed E-state index contributed by atoms with van der Waals surface area (Å²) in [4.78, 5) is 0.132. The smallest absolute Gasteiger partial charge is 0.338 e. The maximum atomic E-state index is 11.9. The van der Waals surface area contributed by atoms with Crippen molar-refractivity contribution in [2.24, 2.45) is 0 Å². The predicted octanol–water partition coefficient (Wildman–Crippen LogP) is 3.38. The van der Waals surface area contributed by atoms with Gasteiger partial charge in [0.2, 0.25) is 0 Å². The molecule has 0 atom stereocenters. The first-order chi connectivity index (χ1) is 10.0. The topological polar surface area (TPSA) is 52.6 Å². The molecule has 21 heavy (non-hydrogen) atoms. The first kappa shape index (κ1) is 15.1. The van der Waals surface area contributed by atoms with Crippen molar-refractivity contribution in [2.45, 2.75) is 11.8 Å². The maximum absolute atomic E-state index is 11.9. The van der Waals surface area contributed by atoms with Crippen LogP contribution in [0.4, 0.5) is 0 Å². The molecule has 2 rings (SSSR count). The summed E-state index contributed by atoms with van der Waals surface area (Å²) in [6.45, 7) is 1.89. The molecule has 0 bridgehead atoms. The molecular weight excluding hydrogens is 288 g/mol. The second-order valence-corrected chi connectivity index (χ2v) is 6.01. The highest BCUT2D eigenvalue weighted by Gasteiger charge is 2.13. The van der Waals surface area contributed by atoms with Crippen LogP contribution in [0.2, 0.25) is 0 Å². The molecule has 0 fully saturated rings. The summed E-state index contributed by atoms with van der Waals surface area (Å²) in [5.41, 5.74) is 1.80. The fourth-order valence-electron chi connectivity index (χ4n) is 1.65. The van der Waals surface area contributed by atoms with E-state index in [9.17, 15) is 8.42 Å². The third-order valence-corrected chi connectivity index (χ3v) is 4.08. The number of ether oxygens (including phenoxy) is 1. The van der Waals surface area contributed by atoms with Crippen LogP contribution >= 0.6 is 0 Å². The van der Waals surface area contributed by atoms with E-state index in [1.54, 1.807) is 49.6 Å². The number of methoxy groups -OCH3 is 1. The minimum Gasteiger partial charge on any atom is -0.497 e. The fourth-order valence-corrected chi connectivity index (χ4v) is 2.44. The van der Waals surface area contributed by atoms with Gasteiger partial charge in [0.05, 0.1) is 7.11 Å². The Balaban J connectivity index is 2.06. The average molecular weight is 304 g/mol. The van der Waals surface area contributed by atoms with Crippen LogP contribution < -0.4 is 4.74 Å². The molecule has 0 spiro atoms. The van der Waals surface area contributed by atoms with Gasteiger partial charge in [-0.1, -0.05) is 29.8 Å². The van der Waals surface area contributed by atoms with Crippen LogP contribution in [0.15, 0.2) is 59.7 Å². The normalized spacial score (nSPS) is 11.5. The molecular formula is C16H16O4S. The minimum absolute atomic E-state index is 0.132. The minimum atomic E-state index is -3.77. The Labute approximate surface area is 124 Å². The van der Waals surface area contributed by atoms with Gasteiger partial charge in [0, 0.05) is 0 Å². The van der Waals surface area contributed by atoms with Crippen molar-refractivity contribution in [1.29, 1.82) is 0 Å². The molecule has 2 aromatic carbocycles. The molecule has 2 aromatic rings. The summed E-state index contributed by atoms with van der Waals surface area (Å²) >= 11 is 0. The van der Waals surface area contributed by atoms with Crippen molar-refractivity contribution < 1.29 is 17.3 Å². The van der Waals surface area contributed by atoms with Crippen molar-refractivity contribution in [2.75, 3.05) is 7.11 Å². The van der Waals surface area contributed by atoms with E-state index < -0.39 is 10.1 Å². The van der Waals surface area contributed by atoms with Crippen molar-refractivity contribution >= 4 is 16.2 Å². The van der Waals surface area contributed by atoms with E-state index in [1.807, 2.05) is 6.92 Å². The second-order valence-electron chi connectivity index (χ2n) is 4.44. The molecule has 0 aromatic heterocycles. The van der Waals surface area contributed by atoms with Crippen LogP contribution in [0.25, 0.3) is 6.08 Å². The first-order valence-corrected chi connectivity index (χ1v) is 7.73. The van der Waals surface area contributed by atoms with Gasteiger partial charge in [-0.25, -0.2) is 0 Å². The van der Waals surface area contributed by atoms with Gasteiger partial charge >= 0.3 is 10.1 Å². The molecule has 0 radical (unpaired) electrons. The standard InChI is InChI=1S/C16H16O4S/c1-13-3-9-16(10-4-13)21(17,18)20-12-11-14-5-7-15(19-2)8-6-14/h3-12H,1-2H3. The molecule has 0 N–H and O–H groups in total. The lowest BCUT2D eigenvalue weighted by Gasteiger charge is -2.03. The zero-order chi connectivity index (χ0) is 15.3. The summed E-state index contributed by atoms with van der Waals surface area (Å²) in [5, 5.41) is 0. The lowest BCUT2D eigenvalue weighted by molar-refractivity contribution is 0.414. The third-order valence-electron chi connectivity index (χ3n) is 2.87. The fraction of sp³-hybridized carbons (Fsp3) is 0.125. The summed E-state index contributed by atoms with van der Waals surface area (Å²) in [7, 11) is -2.19. The van der Waals surface area contributed by atoms with E-state index in [0.717, 1.165) is 23.1 Å². The van der Waals surface area contributed by atoms with Gasteiger partial charge in [-0.3, -0.25) is 0 Å². The molecule has 0 aliphatic heterocycles. The van der Waals surface area contributed by atoms with Crippen molar-refractivity contribution in [3.63, 3.8) is 0 Å². The van der Waals surface area contributed by atoms with Crippen LogP contribution in [0.3, 0.4) is 0 Å². The van der Waals surface area contributed by atoms with E-state index in [2.05, 4.69) is 0 Å². The highest BCUT2D eigenvalue weighted by molar-refractivity contribution is 7.86. The van der Waals surface area contributed by atoms with Gasteiger partial charge in [-0.05, 0) is 42.8 Å². The van der Waals surface area contributed by atoms with E-state index in [0.29, 0.717) is 0 Å². The lowest BCUT2D eigenvalue weighted by atomic mass is 10.2. The molecule has 0 unspecified atom stereocenters. The van der Waals surface area contributed by atoms with Gasteiger partial charge in [-0.2, -0.15) is 8.42 Å². The monoisotopic (exact) mass is 304 g/mol. The summed E-state index contributed by atoms with van der Waals surface area (Å²) in [6, 6.07) is 13.7. The van der Waals surface area contributed by atoms with Crippen molar-refractivity contribution in [3.8, 4) is 5.75 Å². The van der Waals surface area contributed by atoms with Crippen molar-refractivity contribution in [1.82, 2.24) is 0 Å². The quantitative estimate of drug-likeness (QED) is 0.627. The number of benzene rings is 2. The van der Waals surface area contributed by atoms with Gasteiger partial charge in [-0.15, -0.1) is 0 Å². The van der Waals surface area contributed by atoms with Gasteiger partial charge in [0.25, 0.3) is 0 Å². The zero-order valence-corrected chi connectivity index (χ0v) is 12.6. The Kier molecular flexibility index (Phi) is 4.65. The third kappa shape index (κ3) is 4.10. The number of hydrogen-bond donors (Lipinski definition) is 0. The number of hydrogen-bond acceptors (Lipinski definition) is 4. The van der Waals surface area contributed by atoms with Gasteiger partial charge < -0.3 is 8.92 Å². The van der Waals surface area contributed by atoms with Crippen LogP contribution in [0.5, 0.6) is 5.75 Å². The first-order valence-electron chi connectivity index (χ1n) is 6.32. The molecule has 110 valence electrons. The van der Waals surface area contributed by atoms with E-state index in [1.165, 1.54) is 12.1 Å². The summed E-state index contributed by atoms with van der Waals surface area (Å²) in [6.07, 6.45) is 2.74. The Hall–Kier alpha value is -2.27. The van der Waals surface area contributed by atoms with Crippen LogP contribution in [0, 0.1) is 6.92 Å². The Bertz CT molecular complexity index is 714. The Morgan fingerprint density at radius 1 is 0.952 bits per heavy atom. The molecule has 0 aliphatic rings. The highest BCUT2D eigenvalue weighted by atomic mass is 32.2. The number of rotatable bonds is 5. The van der Waals surface area contributed by atoms with Crippen LogP contribution in [0.1, 0.15) is 11.1 Å². The summed E-state index contributed by atoms with van der Waals surface area (Å²) in [5.74, 6) is 0.736. The Morgan fingerprint density at radius 3 is 2.14 bits per heavy atom. The maximum Gasteiger partial charge on any atom is 0.338 e.